The van der Waals surface area contributed by atoms with E-state index in [4.69, 9.17) is 4.42 Å². The van der Waals surface area contributed by atoms with E-state index in [-0.39, 0.29) is 0 Å². The van der Waals surface area contributed by atoms with Crippen LogP contribution >= 0.6 is 11.3 Å². The molecule has 3 heterocycles. The molecule has 0 N–H and O–H groups in total. The molecule has 0 atom stereocenters. The summed E-state index contributed by atoms with van der Waals surface area (Å²) in [5.74, 6) is 0. The summed E-state index contributed by atoms with van der Waals surface area (Å²) in [6, 6.07) is 74.4. The maximum absolute atomic E-state index is 6.71. The molecule has 3 aromatic heterocycles. The van der Waals surface area contributed by atoms with Crippen molar-refractivity contribution in [1.82, 2.24) is 4.57 Å². The van der Waals surface area contributed by atoms with Crippen molar-refractivity contribution in [3.05, 3.63) is 206 Å². The number of nitrogens with zero attached hydrogens (tertiary/aromatic N) is 2. The molecule has 3 nitrogen and oxygen atoms in total. The summed E-state index contributed by atoms with van der Waals surface area (Å²) in [4.78, 5) is 2.50. The van der Waals surface area contributed by atoms with Gasteiger partial charge in [0.1, 0.15) is 11.2 Å². The minimum Gasteiger partial charge on any atom is -0.455 e. The average molecular weight is 759 g/mol. The first kappa shape index (κ1) is 32.8. The predicted octanol–water partition coefficient (Wildman–Crippen LogP) is 15.9. The topological polar surface area (TPSA) is 21.3 Å². The van der Waals surface area contributed by atoms with Gasteiger partial charge in [-0.25, -0.2) is 0 Å². The molecule has 0 fully saturated rings. The third-order valence-electron chi connectivity index (χ3n) is 11.6. The van der Waals surface area contributed by atoms with E-state index in [9.17, 15) is 0 Å². The first-order valence-electron chi connectivity index (χ1n) is 19.7. The molecule has 12 aromatic rings. The Labute approximate surface area is 338 Å². The van der Waals surface area contributed by atoms with Gasteiger partial charge in [-0.3, -0.25) is 0 Å². The monoisotopic (exact) mass is 758 g/mol. The van der Waals surface area contributed by atoms with E-state index in [1.807, 2.05) is 17.4 Å². The van der Waals surface area contributed by atoms with Gasteiger partial charge < -0.3 is 13.9 Å². The summed E-state index contributed by atoms with van der Waals surface area (Å²) in [5.41, 5.74) is 13.0. The number of furan rings is 1. The Morgan fingerprint density at radius 2 is 0.931 bits per heavy atom. The number of anilines is 3. The molecule has 272 valence electrons. The molecule has 0 amide bonds. The molecule has 12 rings (SSSR count). The standard InChI is InChI=1S/C54H34N2OS/c1-2-17-35(18-3-1)55-47-30-11-6-23-44(47)52-48(55)31-16-32-49(52)56(45-28-9-4-19-36(45)40-24-14-25-41-38-21-7-12-33-50(38)57-53(40)41)46-29-10-5-20-37(46)42-26-15-27-43-39-22-8-13-34-51(39)58-54(42)43/h1-34H. The van der Waals surface area contributed by atoms with Gasteiger partial charge in [-0.15, -0.1) is 11.3 Å². The number of thiophene rings is 1. The fourth-order valence-corrected chi connectivity index (χ4v) is 10.4. The second-order valence-electron chi connectivity index (χ2n) is 14.8. The van der Waals surface area contributed by atoms with Gasteiger partial charge >= 0.3 is 0 Å². The minimum atomic E-state index is 0.887. The van der Waals surface area contributed by atoms with Crippen LogP contribution in [0.3, 0.4) is 0 Å². The van der Waals surface area contributed by atoms with E-state index in [1.165, 1.54) is 47.6 Å². The number of hydrogen-bond acceptors (Lipinski definition) is 3. The number of para-hydroxylation sites is 6. The van der Waals surface area contributed by atoms with E-state index >= 15 is 0 Å². The smallest absolute Gasteiger partial charge is 0.143 e. The molecule has 0 saturated heterocycles. The Morgan fingerprint density at radius 3 is 1.76 bits per heavy atom. The fraction of sp³-hybridized carbons (Fsp3) is 0. The van der Waals surface area contributed by atoms with Crippen LogP contribution in [-0.2, 0) is 0 Å². The van der Waals surface area contributed by atoms with Crippen LogP contribution in [0.25, 0.3) is 91.9 Å². The molecule has 0 spiro atoms. The number of benzene rings is 9. The maximum Gasteiger partial charge on any atom is 0.143 e. The summed E-state index contributed by atoms with van der Waals surface area (Å²) >= 11 is 1.87. The lowest BCUT2D eigenvalue weighted by atomic mass is 9.96. The van der Waals surface area contributed by atoms with Crippen LogP contribution in [0.2, 0.25) is 0 Å². The quantitative estimate of drug-likeness (QED) is 0.168. The van der Waals surface area contributed by atoms with Crippen LogP contribution in [-0.4, -0.2) is 4.57 Å². The number of rotatable bonds is 6. The molecule has 0 bridgehead atoms. The van der Waals surface area contributed by atoms with Gasteiger partial charge in [0.2, 0.25) is 0 Å². The Hall–Kier alpha value is -7.40. The van der Waals surface area contributed by atoms with Gasteiger partial charge in [-0.2, -0.15) is 0 Å². The third kappa shape index (κ3) is 4.92. The second-order valence-corrected chi connectivity index (χ2v) is 15.8. The first-order chi connectivity index (χ1) is 28.8. The van der Waals surface area contributed by atoms with E-state index in [2.05, 4.69) is 210 Å². The van der Waals surface area contributed by atoms with Crippen molar-refractivity contribution in [2.75, 3.05) is 4.90 Å². The van der Waals surface area contributed by atoms with Crippen molar-refractivity contribution >= 4 is 92.3 Å². The van der Waals surface area contributed by atoms with Crippen molar-refractivity contribution in [2.24, 2.45) is 0 Å². The zero-order chi connectivity index (χ0) is 38.2. The number of fused-ring (bicyclic) bond motifs is 9. The van der Waals surface area contributed by atoms with E-state index < -0.39 is 0 Å². The van der Waals surface area contributed by atoms with Crippen LogP contribution in [0, 0.1) is 0 Å². The molecule has 0 aliphatic heterocycles. The van der Waals surface area contributed by atoms with Crippen molar-refractivity contribution in [2.45, 2.75) is 0 Å². The summed E-state index contributed by atoms with van der Waals surface area (Å²) in [7, 11) is 0. The molecular formula is C54H34N2OS. The van der Waals surface area contributed by atoms with Gasteiger partial charge in [0.05, 0.1) is 28.1 Å². The highest BCUT2D eigenvalue weighted by molar-refractivity contribution is 7.26. The van der Waals surface area contributed by atoms with E-state index in [1.54, 1.807) is 0 Å². The van der Waals surface area contributed by atoms with Gasteiger partial charge in [0.15, 0.2) is 0 Å². The van der Waals surface area contributed by atoms with Crippen LogP contribution in [0.5, 0.6) is 0 Å². The molecule has 4 heteroatoms. The Bertz CT molecular complexity index is 3380. The minimum absolute atomic E-state index is 0.887. The lowest BCUT2D eigenvalue weighted by Gasteiger charge is -2.30. The van der Waals surface area contributed by atoms with Crippen molar-refractivity contribution in [3.8, 4) is 27.9 Å². The Morgan fingerprint density at radius 1 is 0.379 bits per heavy atom. The highest BCUT2D eigenvalue weighted by atomic mass is 32.1. The van der Waals surface area contributed by atoms with Gasteiger partial charge in [0.25, 0.3) is 0 Å². The summed E-state index contributed by atoms with van der Waals surface area (Å²) in [5, 5.41) is 7.19. The first-order valence-corrected chi connectivity index (χ1v) is 20.5. The normalized spacial score (nSPS) is 11.8. The van der Waals surface area contributed by atoms with Crippen molar-refractivity contribution in [3.63, 3.8) is 0 Å². The summed E-state index contributed by atoms with van der Waals surface area (Å²) in [6.45, 7) is 0. The SMILES string of the molecule is c1ccc(-n2c3ccccc3c3c(N(c4ccccc4-c4cccc5c4oc4ccccc45)c4ccccc4-c4cccc5c4sc4ccccc45)cccc32)cc1. The fourth-order valence-electron chi connectivity index (χ4n) is 9.14. The Balaban J connectivity index is 1.20. The second kappa shape index (κ2) is 13.1. The zero-order valence-corrected chi connectivity index (χ0v) is 32.2. The molecular weight excluding hydrogens is 725 g/mol. The molecule has 0 aliphatic rings. The summed E-state index contributed by atoms with van der Waals surface area (Å²) in [6.07, 6.45) is 0. The average Bonchev–Trinajstić information content (AvgIpc) is 3.97. The van der Waals surface area contributed by atoms with Gasteiger partial charge in [0, 0.05) is 69.7 Å². The van der Waals surface area contributed by atoms with Crippen molar-refractivity contribution in [1.29, 1.82) is 0 Å². The summed E-state index contributed by atoms with van der Waals surface area (Å²) < 4.78 is 11.7. The molecule has 0 aliphatic carbocycles. The van der Waals surface area contributed by atoms with Crippen LogP contribution in [0.15, 0.2) is 211 Å². The van der Waals surface area contributed by atoms with E-state index in [0.29, 0.717) is 0 Å². The van der Waals surface area contributed by atoms with Gasteiger partial charge in [-0.1, -0.05) is 152 Å². The van der Waals surface area contributed by atoms with Crippen LogP contribution < -0.4 is 4.90 Å². The van der Waals surface area contributed by atoms with Crippen molar-refractivity contribution < 1.29 is 4.42 Å². The molecule has 0 radical (unpaired) electrons. The van der Waals surface area contributed by atoms with Crippen LogP contribution in [0.4, 0.5) is 17.1 Å². The van der Waals surface area contributed by atoms with E-state index in [0.717, 1.165) is 61.3 Å². The molecule has 0 unspecified atom stereocenters. The highest BCUT2D eigenvalue weighted by Crippen LogP contribution is 2.51. The zero-order valence-electron chi connectivity index (χ0n) is 31.3. The largest absolute Gasteiger partial charge is 0.455 e. The third-order valence-corrected chi connectivity index (χ3v) is 12.8. The number of hydrogen-bond donors (Lipinski definition) is 0. The lowest BCUT2D eigenvalue weighted by molar-refractivity contribution is 0.670. The lowest BCUT2D eigenvalue weighted by Crippen LogP contribution is -2.13. The number of aromatic nitrogens is 1. The van der Waals surface area contributed by atoms with Crippen LogP contribution in [0.1, 0.15) is 0 Å². The molecule has 9 aromatic carbocycles. The van der Waals surface area contributed by atoms with Gasteiger partial charge in [-0.05, 0) is 54.6 Å². The maximum atomic E-state index is 6.71. The predicted molar refractivity (Wildman–Crippen MR) is 247 cm³/mol. The molecule has 58 heavy (non-hydrogen) atoms. The highest BCUT2D eigenvalue weighted by Gasteiger charge is 2.26. The Kier molecular flexibility index (Phi) is 7.40. The molecule has 0 saturated carbocycles.